The quantitative estimate of drug-likeness (QED) is 0.0541. The summed E-state index contributed by atoms with van der Waals surface area (Å²) in [4.78, 5) is 27.6. The van der Waals surface area contributed by atoms with Gasteiger partial charge in [-0.25, -0.2) is 9.97 Å². The minimum absolute atomic E-state index is 0.102. The molecular weight excluding hydrogens is 845 g/mol. The highest BCUT2D eigenvalue weighted by Gasteiger charge is 2.44. The number of aliphatic hydroxyl groups is 1. The number of aryl methyl sites for hydroxylation is 1. The highest BCUT2D eigenvalue weighted by Crippen LogP contribution is 2.52. The largest absolute Gasteiger partial charge is 0.469 e. The number of para-hydroxylation sites is 2. The number of carbonyl (C=O) groups excluding carboxylic acids is 1. The molecule has 1 aliphatic carbocycles. The van der Waals surface area contributed by atoms with Crippen molar-refractivity contribution in [3.8, 4) is 0 Å². The minimum atomic E-state index is -0.170. The minimum Gasteiger partial charge on any atom is -0.469 e. The monoisotopic (exact) mass is 906 g/mol. The van der Waals surface area contributed by atoms with E-state index >= 15 is 0 Å². The van der Waals surface area contributed by atoms with Gasteiger partial charge in [-0.15, -0.1) is 34.4 Å². The van der Waals surface area contributed by atoms with Gasteiger partial charge in [-0.1, -0.05) is 60.7 Å². The molecular formula is C51H62N4O5S3. The van der Waals surface area contributed by atoms with Crippen LogP contribution >= 0.6 is 34.4 Å². The van der Waals surface area contributed by atoms with Crippen molar-refractivity contribution in [3.63, 3.8) is 0 Å². The second-order valence-corrected chi connectivity index (χ2v) is 20.8. The number of thioether (sulfide) groups is 1. The van der Waals surface area contributed by atoms with Crippen LogP contribution in [0.15, 0.2) is 102 Å². The summed E-state index contributed by atoms with van der Waals surface area (Å²) in [6.45, 7) is 4.55. The first-order valence-corrected chi connectivity index (χ1v) is 25.3. The Kier molecular flexibility index (Phi) is 16.0. The van der Waals surface area contributed by atoms with Crippen molar-refractivity contribution in [1.82, 2.24) is 19.8 Å². The maximum Gasteiger partial charge on any atom is 0.306 e. The number of thiazole rings is 2. The Morgan fingerprint density at radius 3 is 1.81 bits per heavy atom. The van der Waals surface area contributed by atoms with Gasteiger partial charge >= 0.3 is 5.97 Å². The number of benzene rings is 4. The third-order valence-electron chi connectivity index (χ3n) is 12.6. The summed E-state index contributed by atoms with van der Waals surface area (Å²) in [5.74, 6) is 0.835. The molecule has 9 rings (SSSR count). The van der Waals surface area contributed by atoms with Gasteiger partial charge in [0.25, 0.3) is 0 Å². The van der Waals surface area contributed by atoms with Gasteiger partial charge in [-0.2, -0.15) is 0 Å². The number of unbranched alkanes of at least 4 members (excludes halogenated alkanes) is 1. The van der Waals surface area contributed by atoms with Crippen LogP contribution in [0, 0.1) is 5.41 Å². The molecule has 4 heterocycles. The van der Waals surface area contributed by atoms with E-state index in [1.165, 1.54) is 32.5 Å². The summed E-state index contributed by atoms with van der Waals surface area (Å²) in [5.41, 5.74) is 5.82. The zero-order chi connectivity index (χ0) is 43.6. The fourth-order valence-corrected chi connectivity index (χ4v) is 11.8. The number of hydrogen-bond acceptors (Lipinski definition) is 12. The molecule has 2 aromatic heterocycles. The second-order valence-electron chi connectivity index (χ2n) is 17.6. The molecule has 3 aliphatic rings. The molecule has 2 atom stereocenters. The summed E-state index contributed by atoms with van der Waals surface area (Å²) in [6, 6.07) is 34.1. The van der Waals surface area contributed by atoms with Crippen molar-refractivity contribution < 1.29 is 24.1 Å². The first kappa shape index (κ1) is 45.8. The van der Waals surface area contributed by atoms with E-state index in [1.807, 2.05) is 23.9 Å². The molecule has 1 saturated carbocycles. The number of likely N-dealkylation sites (tertiary alicyclic amines) is 2. The van der Waals surface area contributed by atoms with Crippen molar-refractivity contribution in [3.05, 3.63) is 124 Å². The van der Waals surface area contributed by atoms with Crippen molar-refractivity contribution >= 4 is 60.8 Å². The van der Waals surface area contributed by atoms with E-state index in [0.717, 1.165) is 116 Å². The normalized spacial score (nSPS) is 18.2. The predicted molar refractivity (Wildman–Crippen MR) is 258 cm³/mol. The molecule has 3 fully saturated rings. The highest BCUT2D eigenvalue weighted by molar-refractivity contribution is 7.99. The van der Waals surface area contributed by atoms with E-state index in [-0.39, 0.29) is 42.4 Å². The van der Waals surface area contributed by atoms with Crippen LogP contribution < -0.4 is 0 Å². The molecule has 0 amide bonds. The summed E-state index contributed by atoms with van der Waals surface area (Å²) in [6.07, 6.45) is 9.96. The number of esters is 1. The summed E-state index contributed by atoms with van der Waals surface area (Å²) in [7, 11) is 5.83. The van der Waals surface area contributed by atoms with Crippen LogP contribution in [-0.2, 0) is 25.4 Å². The number of hydrogen-bond donors (Lipinski definition) is 1. The van der Waals surface area contributed by atoms with Crippen molar-refractivity contribution in [2.24, 2.45) is 5.41 Å². The number of fused-ring (bicyclic) bond motifs is 2. The van der Waals surface area contributed by atoms with Crippen molar-refractivity contribution in [1.29, 1.82) is 0 Å². The average molecular weight is 907 g/mol. The zero-order valence-electron chi connectivity index (χ0n) is 37.0. The SMILES string of the molecule is CN1CCC(OC(c2cccc(CCCCO)c2)c2nc3ccccc3s2)CC1.COC(=O)CC1(CSc2cccc(C(OC3CCN(C)CC3)c3nc4ccccc4s3)c2)CC1. The standard InChI is InChI=1S/C27H32N2O3S2.C24H30N2O2S/c1-29-14-10-20(11-15-29)32-25(26-28-22-8-3-4-9-23(22)34-26)19-6-5-7-21(16-19)33-18-27(12-13-27)17-24(30)31-2;1-26-14-12-20(13-15-26)28-23(24-25-21-10-2-3-11-22(21)29-24)19-9-6-8-18(17-19)7-4-5-16-27/h3-9,16,20,25H,10-15,17-18H2,1-2H3;2-3,6,8-11,17,20,23,27H,4-5,7,12-16H2,1H3. The zero-order valence-corrected chi connectivity index (χ0v) is 39.4. The van der Waals surface area contributed by atoms with Crippen LogP contribution in [0.5, 0.6) is 0 Å². The van der Waals surface area contributed by atoms with E-state index in [1.54, 1.807) is 22.7 Å². The van der Waals surface area contributed by atoms with Gasteiger partial charge in [0.05, 0.1) is 46.2 Å². The molecule has 334 valence electrons. The Morgan fingerprint density at radius 2 is 1.29 bits per heavy atom. The number of ether oxygens (including phenoxy) is 3. The van der Waals surface area contributed by atoms with Gasteiger partial charge in [0.2, 0.25) is 0 Å². The van der Waals surface area contributed by atoms with Crippen LogP contribution in [-0.4, -0.2) is 103 Å². The van der Waals surface area contributed by atoms with Crippen molar-refractivity contribution in [2.75, 3.05) is 59.7 Å². The molecule has 2 saturated heterocycles. The fourth-order valence-electron chi connectivity index (χ4n) is 8.47. The van der Waals surface area contributed by atoms with Crippen LogP contribution in [0.1, 0.15) is 96.7 Å². The van der Waals surface area contributed by atoms with Crippen molar-refractivity contribution in [2.45, 2.75) is 93.5 Å². The van der Waals surface area contributed by atoms with Crippen LogP contribution in [0.2, 0.25) is 0 Å². The molecule has 1 N–H and O–H groups in total. The smallest absolute Gasteiger partial charge is 0.306 e. The maximum absolute atomic E-state index is 11.8. The van der Waals surface area contributed by atoms with Crippen LogP contribution in [0.4, 0.5) is 0 Å². The summed E-state index contributed by atoms with van der Waals surface area (Å²) in [5, 5.41) is 11.1. The van der Waals surface area contributed by atoms with Gasteiger partial charge in [0, 0.05) is 43.4 Å². The van der Waals surface area contributed by atoms with Crippen LogP contribution in [0.25, 0.3) is 20.4 Å². The van der Waals surface area contributed by atoms with E-state index in [2.05, 4.69) is 109 Å². The molecule has 0 spiro atoms. The van der Waals surface area contributed by atoms with Gasteiger partial charge in [0.1, 0.15) is 22.2 Å². The number of aromatic nitrogens is 2. The first-order valence-electron chi connectivity index (χ1n) is 22.6. The third-order valence-corrected chi connectivity index (χ3v) is 16.1. The molecule has 0 bridgehead atoms. The second kappa shape index (κ2) is 22.0. The lowest BCUT2D eigenvalue weighted by Gasteiger charge is -2.31. The van der Waals surface area contributed by atoms with E-state index < -0.39 is 0 Å². The number of carbonyl (C=O) groups is 1. The summed E-state index contributed by atoms with van der Waals surface area (Å²) >= 11 is 5.30. The predicted octanol–water partition coefficient (Wildman–Crippen LogP) is 10.7. The van der Waals surface area contributed by atoms with E-state index in [4.69, 9.17) is 29.3 Å². The Morgan fingerprint density at radius 1 is 0.746 bits per heavy atom. The number of methoxy groups -OCH3 is 1. The molecule has 0 radical (unpaired) electrons. The Bertz CT molecular complexity index is 2320. The summed E-state index contributed by atoms with van der Waals surface area (Å²) < 4.78 is 20.8. The molecule has 63 heavy (non-hydrogen) atoms. The average Bonchev–Trinajstić information content (AvgIpc) is 3.71. The van der Waals surface area contributed by atoms with Crippen LogP contribution in [0.3, 0.4) is 0 Å². The van der Waals surface area contributed by atoms with E-state index in [9.17, 15) is 4.79 Å². The van der Waals surface area contributed by atoms with Gasteiger partial charge < -0.3 is 29.1 Å². The molecule has 12 heteroatoms. The highest BCUT2D eigenvalue weighted by atomic mass is 32.2. The lowest BCUT2D eigenvalue weighted by atomic mass is 10.0. The maximum atomic E-state index is 11.8. The van der Waals surface area contributed by atoms with Gasteiger partial charge in [-0.05, 0) is 130 Å². The molecule has 2 aliphatic heterocycles. The lowest BCUT2D eigenvalue weighted by Crippen LogP contribution is -2.35. The number of aliphatic hydroxyl groups excluding tert-OH is 1. The van der Waals surface area contributed by atoms with Gasteiger partial charge in [0.15, 0.2) is 0 Å². The number of piperidine rings is 2. The molecule has 9 nitrogen and oxygen atoms in total. The Labute approximate surface area is 385 Å². The number of rotatable bonds is 17. The van der Waals surface area contributed by atoms with Gasteiger partial charge in [-0.3, -0.25) is 4.79 Å². The third kappa shape index (κ3) is 12.6. The topological polar surface area (TPSA) is 97.3 Å². The number of nitrogens with zero attached hydrogens (tertiary/aromatic N) is 4. The first-order chi connectivity index (χ1) is 30.8. The lowest BCUT2D eigenvalue weighted by molar-refractivity contribution is -0.141. The molecule has 6 aromatic rings. The Balaban J connectivity index is 0.000000175. The van der Waals surface area contributed by atoms with E-state index in [0.29, 0.717) is 6.42 Å². The Hall–Kier alpha value is -3.72. The molecule has 2 unspecified atom stereocenters. The molecule has 4 aromatic carbocycles. The fraction of sp³-hybridized carbons (Fsp3) is 0.471.